The first kappa shape index (κ1) is 21.6. The van der Waals surface area contributed by atoms with Crippen LogP contribution in [0.4, 0.5) is 0 Å². The van der Waals surface area contributed by atoms with Crippen molar-refractivity contribution in [2.75, 3.05) is 0 Å². The van der Waals surface area contributed by atoms with Gasteiger partial charge in [-0.25, -0.2) is 4.68 Å². The Balaban J connectivity index is 1.85. The van der Waals surface area contributed by atoms with Gasteiger partial charge >= 0.3 is 0 Å². The van der Waals surface area contributed by atoms with Crippen LogP contribution in [0.15, 0.2) is 48.8 Å². The van der Waals surface area contributed by atoms with Crippen molar-refractivity contribution in [3.8, 4) is 16.8 Å². The summed E-state index contributed by atoms with van der Waals surface area (Å²) in [5.41, 5.74) is 4.24. The molecule has 8 heteroatoms. The molecule has 3 N–H and O–H groups in total. The molecule has 1 aromatic heterocycles. The average Bonchev–Trinajstić information content (AvgIpc) is 3.22. The minimum atomic E-state index is -0.684. The van der Waals surface area contributed by atoms with Gasteiger partial charge in [0.15, 0.2) is 0 Å². The number of hydrogen-bond acceptors (Lipinski definition) is 6. The van der Waals surface area contributed by atoms with Crippen molar-refractivity contribution in [1.82, 2.24) is 30.8 Å². The Labute approximate surface area is 176 Å². The second-order valence-corrected chi connectivity index (χ2v) is 7.84. The number of tetrazole rings is 1. The minimum Gasteiger partial charge on any atom is -0.379 e. The molecule has 2 unspecified atom stereocenters. The number of nitrogens with one attached hydrogen (secondary N) is 2. The number of carbonyl (C=O) groups is 1. The van der Waals surface area contributed by atoms with E-state index >= 15 is 0 Å². The molecule has 3 aromatic rings. The summed E-state index contributed by atoms with van der Waals surface area (Å²) < 4.78 is 1.52. The number of aryl methyl sites for hydroxylation is 1. The molecule has 1 amide bonds. The molecule has 0 bridgehead atoms. The minimum absolute atomic E-state index is 0.160. The molecule has 0 aliphatic carbocycles. The molecule has 0 aliphatic heterocycles. The molecular weight excluding hydrogens is 380 g/mol. The summed E-state index contributed by atoms with van der Waals surface area (Å²) >= 11 is 0. The Bertz CT molecular complexity index is 970. The lowest BCUT2D eigenvalue weighted by atomic mass is 10.0. The average molecular weight is 409 g/mol. The molecule has 0 saturated carbocycles. The fourth-order valence-corrected chi connectivity index (χ4v) is 3.22. The van der Waals surface area contributed by atoms with Gasteiger partial charge in [-0.1, -0.05) is 29.8 Å². The zero-order valence-corrected chi connectivity index (χ0v) is 17.7. The van der Waals surface area contributed by atoms with Crippen LogP contribution in [0.2, 0.25) is 0 Å². The topological polar surface area (TPSA) is 105 Å². The molecule has 158 valence electrons. The second-order valence-electron chi connectivity index (χ2n) is 7.84. The Morgan fingerprint density at radius 1 is 1.10 bits per heavy atom. The maximum absolute atomic E-state index is 12.9. The highest BCUT2D eigenvalue weighted by atomic mass is 16.3. The van der Waals surface area contributed by atoms with E-state index in [2.05, 4.69) is 26.2 Å². The van der Waals surface area contributed by atoms with Gasteiger partial charge in [-0.05, 0) is 67.4 Å². The summed E-state index contributed by atoms with van der Waals surface area (Å²) in [4.78, 5) is 12.9. The van der Waals surface area contributed by atoms with E-state index in [0.717, 1.165) is 16.7 Å². The molecule has 0 spiro atoms. The lowest BCUT2D eigenvalue weighted by molar-refractivity contribution is 0.0876. The van der Waals surface area contributed by atoms with Crippen LogP contribution in [0.1, 0.15) is 43.1 Å². The second kappa shape index (κ2) is 9.60. The fourth-order valence-electron chi connectivity index (χ4n) is 3.22. The Hall–Kier alpha value is -3.10. The molecule has 0 fully saturated rings. The number of aliphatic hydroxyl groups excluding tert-OH is 1. The first-order valence-corrected chi connectivity index (χ1v) is 10.0. The maximum Gasteiger partial charge on any atom is 0.251 e. The molecule has 0 saturated heterocycles. The summed E-state index contributed by atoms with van der Waals surface area (Å²) in [6, 6.07) is 13.6. The van der Waals surface area contributed by atoms with Gasteiger partial charge in [0.1, 0.15) is 12.6 Å². The first-order chi connectivity index (χ1) is 14.3. The van der Waals surface area contributed by atoms with Crippen LogP contribution in [0.25, 0.3) is 16.8 Å². The van der Waals surface area contributed by atoms with Crippen molar-refractivity contribution < 1.29 is 9.90 Å². The van der Waals surface area contributed by atoms with Crippen LogP contribution in [-0.2, 0) is 0 Å². The van der Waals surface area contributed by atoms with E-state index in [1.54, 1.807) is 6.07 Å². The number of aromatic nitrogens is 4. The summed E-state index contributed by atoms with van der Waals surface area (Å²) in [7, 11) is 0. The predicted molar refractivity (Wildman–Crippen MR) is 115 cm³/mol. The van der Waals surface area contributed by atoms with Crippen molar-refractivity contribution in [3.05, 3.63) is 59.9 Å². The van der Waals surface area contributed by atoms with Crippen LogP contribution < -0.4 is 10.6 Å². The predicted octanol–water partition coefficient (Wildman–Crippen LogP) is 2.46. The molecule has 30 heavy (non-hydrogen) atoms. The summed E-state index contributed by atoms with van der Waals surface area (Å²) in [5.74, 6) is -0.220. The third-order valence-electron chi connectivity index (χ3n) is 4.66. The molecule has 3 rings (SSSR count). The van der Waals surface area contributed by atoms with Gasteiger partial charge in [0, 0.05) is 24.1 Å². The smallest absolute Gasteiger partial charge is 0.251 e. The third kappa shape index (κ3) is 5.71. The largest absolute Gasteiger partial charge is 0.379 e. The number of nitrogens with zero attached hydrogens (tertiary/aromatic N) is 4. The molecule has 0 radical (unpaired) electrons. The van der Waals surface area contributed by atoms with E-state index in [9.17, 15) is 9.90 Å². The van der Waals surface area contributed by atoms with Gasteiger partial charge in [0.2, 0.25) is 0 Å². The number of benzene rings is 2. The van der Waals surface area contributed by atoms with E-state index in [-0.39, 0.29) is 18.0 Å². The van der Waals surface area contributed by atoms with Crippen molar-refractivity contribution in [1.29, 1.82) is 0 Å². The maximum atomic E-state index is 12.9. The number of amides is 1. The zero-order valence-electron chi connectivity index (χ0n) is 17.7. The van der Waals surface area contributed by atoms with E-state index in [0.29, 0.717) is 17.7 Å². The quantitative estimate of drug-likeness (QED) is 0.495. The Morgan fingerprint density at radius 2 is 1.83 bits per heavy atom. The number of rotatable bonds is 8. The molecule has 1 heterocycles. The highest BCUT2D eigenvalue weighted by Gasteiger charge is 2.16. The van der Waals surface area contributed by atoms with Crippen LogP contribution in [0.5, 0.6) is 0 Å². The lowest BCUT2D eigenvalue weighted by Gasteiger charge is -2.21. The molecular formula is C22H28N6O2. The van der Waals surface area contributed by atoms with Gasteiger partial charge in [0.05, 0.1) is 5.69 Å². The highest BCUT2D eigenvalue weighted by molar-refractivity contribution is 5.96. The SMILES string of the molecule is Cc1ccc(-c2cc(C(=O)NC(C)CC(O)NC(C)C)cc(-n3cnnn3)c2)cc1. The number of aliphatic hydroxyl groups is 1. The van der Waals surface area contributed by atoms with E-state index in [1.165, 1.54) is 11.0 Å². The standard InChI is InChI=1S/C22H28N6O2/c1-14(2)24-21(29)9-16(4)25-22(30)19-10-18(17-7-5-15(3)6-8-17)11-20(12-19)28-13-23-26-27-28/h5-8,10-14,16,21,24,29H,9H2,1-4H3,(H,25,30). The molecule has 8 nitrogen and oxygen atoms in total. The van der Waals surface area contributed by atoms with Gasteiger partial charge < -0.3 is 10.4 Å². The Kier molecular flexibility index (Phi) is 6.91. The van der Waals surface area contributed by atoms with Crippen LogP contribution >= 0.6 is 0 Å². The summed E-state index contributed by atoms with van der Waals surface area (Å²) in [6.45, 7) is 7.83. The normalized spacial score (nSPS) is 13.3. The lowest BCUT2D eigenvalue weighted by Crippen LogP contribution is -2.41. The zero-order chi connectivity index (χ0) is 21.7. The van der Waals surface area contributed by atoms with E-state index in [4.69, 9.17) is 0 Å². The highest BCUT2D eigenvalue weighted by Crippen LogP contribution is 2.24. The van der Waals surface area contributed by atoms with Crippen molar-refractivity contribution in [2.45, 2.75) is 52.4 Å². The first-order valence-electron chi connectivity index (χ1n) is 10.0. The van der Waals surface area contributed by atoms with Crippen molar-refractivity contribution >= 4 is 5.91 Å². The van der Waals surface area contributed by atoms with Gasteiger partial charge in [-0.15, -0.1) is 5.10 Å². The van der Waals surface area contributed by atoms with Gasteiger partial charge in [-0.3, -0.25) is 10.1 Å². The molecule has 2 aromatic carbocycles. The molecule has 0 aliphatic rings. The van der Waals surface area contributed by atoms with Gasteiger partial charge in [-0.2, -0.15) is 0 Å². The monoisotopic (exact) mass is 408 g/mol. The summed E-state index contributed by atoms with van der Waals surface area (Å²) in [6.07, 6.45) is 1.21. The number of carbonyl (C=O) groups excluding carboxylic acids is 1. The third-order valence-corrected chi connectivity index (χ3v) is 4.66. The van der Waals surface area contributed by atoms with Crippen LogP contribution in [-0.4, -0.2) is 49.5 Å². The van der Waals surface area contributed by atoms with Crippen molar-refractivity contribution in [3.63, 3.8) is 0 Å². The van der Waals surface area contributed by atoms with E-state index in [1.807, 2.05) is 64.1 Å². The Morgan fingerprint density at radius 3 is 2.47 bits per heavy atom. The summed E-state index contributed by atoms with van der Waals surface area (Å²) in [5, 5.41) is 27.4. The molecule has 2 atom stereocenters. The van der Waals surface area contributed by atoms with E-state index < -0.39 is 6.23 Å². The van der Waals surface area contributed by atoms with Gasteiger partial charge in [0.25, 0.3) is 5.91 Å². The fraction of sp³-hybridized carbons (Fsp3) is 0.364. The number of hydrogen-bond donors (Lipinski definition) is 3. The van der Waals surface area contributed by atoms with Crippen LogP contribution in [0, 0.1) is 6.92 Å². The van der Waals surface area contributed by atoms with Crippen LogP contribution in [0.3, 0.4) is 0 Å². The van der Waals surface area contributed by atoms with Crippen molar-refractivity contribution in [2.24, 2.45) is 0 Å².